The van der Waals surface area contributed by atoms with Crippen molar-refractivity contribution in [1.82, 2.24) is 4.90 Å². The molecule has 2 saturated carbocycles. The maximum absolute atomic E-state index is 13.4. The van der Waals surface area contributed by atoms with Crippen LogP contribution < -0.4 is 9.47 Å². The Bertz CT molecular complexity index is 1090. The topological polar surface area (TPSA) is 85.3 Å². The molecule has 0 saturated heterocycles. The van der Waals surface area contributed by atoms with Gasteiger partial charge in [0.25, 0.3) is 0 Å². The molecular formula is C28H35NO6S. The van der Waals surface area contributed by atoms with Crippen LogP contribution in [0.5, 0.6) is 11.5 Å². The van der Waals surface area contributed by atoms with Crippen molar-refractivity contribution < 1.29 is 28.9 Å². The Morgan fingerprint density at radius 3 is 2.39 bits per heavy atom. The molecule has 0 aromatic heterocycles. The quantitative estimate of drug-likeness (QED) is 0.548. The highest BCUT2D eigenvalue weighted by molar-refractivity contribution is 8.14. The maximum Gasteiger partial charge on any atom is 0.410 e. The number of ether oxygens (including phenoxy) is 3. The van der Waals surface area contributed by atoms with Crippen molar-refractivity contribution in [2.45, 2.75) is 63.2 Å². The number of methoxy groups -OCH3 is 2. The number of hydrogen-bond acceptors (Lipinski definition) is 7. The predicted molar refractivity (Wildman–Crippen MR) is 139 cm³/mol. The Morgan fingerprint density at radius 2 is 1.75 bits per heavy atom. The van der Waals surface area contributed by atoms with Crippen LogP contribution in [0, 0.1) is 11.8 Å². The Kier molecular flexibility index (Phi) is 7.85. The molecule has 2 aromatic carbocycles. The highest BCUT2D eigenvalue weighted by Gasteiger charge is 2.56. The molecule has 0 heterocycles. The Hall–Kier alpha value is -2.71. The zero-order valence-corrected chi connectivity index (χ0v) is 22.3. The molecule has 1 N–H and O–H groups in total. The van der Waals surface area contributed by atoms with Crippen molar-refractivity contribution in [3.05, 3.63) is 59.7 Å². The predicted octanol–water partition coefficient (Wildman–Crippen LogP) is 5.15. The zero-order valence-electron chi connectivity index (χ0n) is 21.5. The molecule has 2 aromatic rings. The van der Waals surface area contributed by atoms with Crippen LogP contribution in [0.15, 0.2) is 48.5 Å². The van der Waals surface area contributed by atoms with Crippen LogP contribution >= 0.6 is 11.8 Å². The molecule has 194 valence electrons. The summed E-state index contributed by atoms with van der Waals surface area (Å²) in [5.74, 6) is 1.45. The number of nitrogens with zero attached hydrogens (tertiary/aromatic N) is 1. The fourth-order valence-electron chi connectivity index (χ4n) is 5.19. The minimum absolute atomic E-state index is 0.0375. The molecule has 1 amide bonds. The summed E-state index contributed by atoms with van der Waals surface area (Å²) in [6.45, 7) is 5.86. The number of aliphatic hydroxyl groups is 1. The van der Waals surface area contributed by atoms with Gasteiger partial charge in [0.15, 0.2) is 0 Å². The number of amides is 1. The first-order valence-electron chi connectivity index (χ1n) is 12.3. The minimum atomic E-state index is -0.641. The van der Waals surface area contributed by atoms with Crippen molar-refractivity contribution in [3.63, 3.8) is 0 Å². The lowest BCUT2D eigenvalue weighted by Crippen LogP contribution is -2.55. The Balaban J connectivity index is 1.52. The van der Waals surface area contributed by atoms with E-state index in [0.717, 1.165) is 5.56 Å². The molecule has 7 nitrogen and oxygen atoms in total. The van der Waals surface area contributed by atoms with E-state index < -0.39 is 17.8 Å². The summed E-state index contributed by atoms with van der Waals surface area (Å²) in [5.41, 5.74) is 0.835. The second-order valence-electron chi connectivity index (χ2n) is 10.5. The number of fused-ring (bicyclic) bond motifs is 1. The van der Waals surface area contributed by atoms with Gasteiger partial charge in [-0.3, -0.25) is 4.79 Å². The van der Waals surface area contributed by atoms with Gasteiger partial charge < -0.3 is 24.2 Å². The second-order valence-corrected chi connectivity index (χ2v) is 11.7. The van der Waals surface area contributed by atoms with Gasteiger partial charge in [-0.05, 0) is 57.6 Å². The van der Waals surface area contributed by atoms with Crippen LogP contribution in [0.2, 0.25) is 0 Å². The van der Waals surface area contributed by atoms with Crippen LogP contribution in [0.3, 0.4) is 0 Å². The number of carbonyl (C=O) groups is 2. The van der Waals surface area contributed by atoms with Gasteiger partial charge in [-0.2, -0.15) is 0 Å². The van der Waals surface area contributed by atoms with Crippen molar-refractivity contribution in [1.29, 1.82) is 0 Å². The Morgan fingerprint density at radius 1 is 1.03 bits per heavy atom. The lowest BCUT2D eigenvalue weighted by molar-refractivity contribution is -0.0424. The molecule has 0 bridgehead atoms. The van der Waals surface area contributed by atoms with Crippen molar-refractivity contribution in [2.75, 3.05) is 14.2 Å². The first-order chi connectivity index (χ1) is 17.1. The minimum Gasteiger partial charge on any atom is -0.497 e. The molecule has 0 unspecified atom stereocenters. The van der Waals surface area contributed by atoms with Crippen molar-refractivity contribution >= 4 is 23.0 Å². The van der Waals surface area contributed by atoms with Gasteiger partial charge in [0.2, 0.25) is 5.12 Å². The first-order valence-corrected chi connectivity index (χ1v) is 13.1. The van der Waals surface area contributed by atoms with Crippen LogP contribution in [-0.2, 0) is 11.3 Å². The van der Waals surface area contributed by atoms with E-state index in [-0.39, 0.29) is 28.2 Å². The number of carbonyl (C=O) groups excluding carboxylic acids is 2. The molecule has 0 aliphatic heterocycles. The largest absolute Gasteiger partial charge is 0.497 e. The molecule has 2 fully saturated rings. The zero-order chi connectivity index (χ0) is 26.0. The summed E-state index contributed by atoms with van der Waals surface area (Å²) in [5, 5.41) is 10.7. The van der Waals surface area contributed by atoms with Crippen LogP contribution in [0.25, 0.3) is 0 Å². The SMILES string of the molecule is COc1ccc(CN(C(=O)OC(C)(C)C)[C@@H]2C[C@@H]3[C@@H](O)[C@H](SC(=O)c4ccccc4)C[C@@H]32)c(OC)c1. The van der Waals surface area contributed by atoms with E-state index in [0.29, 0.717) is 36.4 Å². The first kappa shape index (κ1) is 26.4. The molecule has 0 radical (unpaired) electrons. The fourth-order valence-corrected chi connectivity index (χ4v) is 6.39. The number of rotatable bonds is 7. The van der Waals surface area contributed by atoms with E-state index >= 15 is 0 Å². The summed E-state index contributed by atoms with van der Waals surface area (Å²) in [6.07, 6.45) is 0.355. The standard InChI is InChI=1S/C28H35NO6S/c1-28(2,3)35-27(32)29(16-18-11-12-19(33-4)13-23(18)34-5)22-14-21-20(22)15-24(25(21)30)36-26(31)17-9-7-6-8-10-17/h6-13,20-22,24-25,30H,14-16H2,1-5H3/t20-,21-,22+,24+,25+/m0/s1. The maximum atomic E-state index is 13.4. The number of thioether (sulfide) groups is 1. The average molecular weight is 514 g/mol. The summed E-state index contributed by atoms with van der Waals surface area (Å²) < 4.78 is 16.7. The van der Waals surface area contributed by atoms with Crippen LogP contribution in [0.4, 0.5) is 4.79 Å². The van der Waals surface area contributed by atoms with E-state index in [1.807, 2.05) is 51.1 Å². The highest BCUT2D eigenvalue weighted by atomic mass is 32.2. The Labute approximate surface area is 217 Å². The van der Waals surface area contributed by atoms with E-state index in [9.17, 15) is 14.7 Å². The van der Waals surface area contributed by atoms with Crippen LogP contribution in [-0.4, -0.2) is 58.4 Å². The molecule has 8 heteroatoms. The number of hydrogen-bond donors (Lipinski definition) is 1. The summed E-state index contributed by atoms with van der Waals surface area (Å²) in [4.78, 5) is 27.9. The lowest BCUT2D eigenvalue weighted by Gasteiger charge is -2.47. The van der Waals surface area contributed by atoms with Gasteiger partial charge in [0, 0.05) is 28.5 Å². The molecule has 4 rings (SSSR count). The van der Waals surface area contributed by atoms with E-state index in [1.165, 1.54) is 11.8 Å². The number of benzene rings is 2. The molecule has 0 spiro atoms. The van der Waals surface area contributed by atoms with Crippen molar-refractivity contribution in [3.8, 4) is 11.5 Å². The smallest absolute Gasteiger partial charge is 0.410 e. The summed E-state index contributed by atoms with van der Waals surface area (Å²) >= 11 is 1.20. The van der Waals surface area contributed by atoms with E-state index in [4.69, 9.17) is 14.2 Å². The summed E-state index contributed by atoms with van der Waals surface area (Å²) in [7, 11) is 3.19. The van der Waals surface area contributed by atoms with Crippen LogP contribution in [0.1, 0.15) is 49.5 Å². The number of aliphatic hydroxyl groups excluding tert-OH is 1. The third-order valence-electron chi connectivity index (χ3n) is 7.01. The molecular weight excluding hydrogens is 478 g/mol. The van der Waals surface area contributed by atoms with Gasteiger partial charge in [-0.15, -0.1) is 0 Å². The molecule has 2 aliphatic carbocycles. The van der Waals surface area contributed by atoms with Gasteiger partial charge in [-0.1, -0.05) is 42.1 Å². The van der Waals surface area contributed by atoms with E-state index in [1.54, 1.807) is 37.3 Å². The third-order valence-corrected chi connectivity index (χ3v) is 8.24. The van der Waals surface area contributed by atoms with Gasteiger partial charge >= 0.3 is 6.09 Å². The molecule has 36 heavy (non-hydrogen) atoms. The lowest BCUT2D eigenvalue weighted by atomic mass is 9.70. The normalized spacial score (nSPS) is 24.9. The monoisotopic (exact) mass is 513 g/mol. The fraction of sp³-hybridized carbons (Fsp3) is 0.500. The van der Waals surface area contributed by atoms with E-state index in [2.05, 4.69) is 0 Å². The van der Waals surface area contributed by atoms with Gasteiger partial charge in [-0.25, -0.2) is 4.79 Å². The molecule has 2 aliphatic rings. The summed E-state index contributed by atoms with van der Waals surface area (Å²) in [6, 6.07) is 14.6. The average Bonchev–Trinajstić information content (AvgIpc) is 3.07. The molecule has 5 atom stereocenters. The van der Waals surface area contributed by atoms with Gasteiger partial charge in [0.1, 0.15) is 17.1 Å². The van der Waals surface area contributed by atoms with Crippen molar-refractivity contribution in [2.24, 2.45) is 11.8 Å². The van der Waals surface area contributed by atoms with Gasteiger partial charge in [0.05, 0.1) is 26.9 Å². The third kappa shape index (κ3) is 5.65. The highest BCUT2D eigenvalue weighted by Crippen LogP contribution is 2.53. The second kappa shape index (κ2) is 10.7.